The molecule has 0 amide bonds. The number of aromatic nitrogens is 2. The summed E-state index contributed by atoms with van der Waals surface area (Å²) in [6, 6.07) is 0.318. The van der Waals surface area contributed by atoms with Gasteiger partial charge in [-0.15, -0.1) is 10.2 Å². The van der Waals surface area contributed by atoms with E-state index in [9.17, 15) is 0 Å². The van der Waals surface area contributed by atoms with Gasteiger partial charge in [-0.05, 0) is 6.42 Å². The van der Waals surface area contributed by atoms with Crippen molar-refractivity contribution in [1.29, 1.82) is 0 Å². The summed E-state index contributed by atoms with van der Waals surface area (Å²) in [5, 5.41) is 8.75. The Morgan fingerprint density at radius 2 is 2.64 bits per heavy atom. The van der Waals surface area contributed by atoms with Crippen LogP contribution in [0.3, 0.4) is 0 Å². The van der Waals surface area contributed by atoms with Gasteiger partial charge in [0.2, 0.25) is 5.13 Å². The van der Waals surface area contributed by atoms with Gasteiger partial charge in [0.05, 0.1) is 0 Å². The molecule has 0 aliphatic carbocycles. The summed E-state index contributed by atoms with van der Waals surface area (Å²) in [6.45, 7) is 1.95. The number of anilines is 1. The maximum Gasteiger partial charge on any atom is 0.208 e. The predicted octanol–water partition coefficient (Wildman–Crippen LogP) is 0.0755. The summed E-state index contributed by atoms with van der Waals surface area (Å²) in [7, 11) is 0. The predicted molar refractivity (Wildman–Crippen MR) is 44.7 cm³/mol. The van der Waals surface area contributed by atoms with Gasteiger partial charge in [0.25, 0.3) is 0 Å². The van der Waals surface area contributed by atoms with Crippen LogP contribution >= 0.6 is 11.3 Å². The van der Waals surface area contributed by atoms with Gasteiger partial charge in [0.15, 0.2) is 0 Å². The molecular formula is C6H10N4S. The number of rotatable bonds is 1. The lowest BCUT2D eigenvalue weighted by atomic mass is 10.3. The van der Waals surface area contributed by atoms with E-state index in [1.807, 2.05) is 0 Å². The van der Waals surface area contributed by atoms with Crippen LogP contribution in [0.25, 0.3) is 0 Å². The van der Waals surface area contributed by atoms with E-state index in [1.165, 1.54) is 0 Å². The van der Waals surface area contributed by atoms with Crippen molar-refractivity contribution in [2.75, 3.05) is 18.0 Å². The standard InChI is InChI=1S/C6H10N4S/c7-5-1-2-10(3-5)6-9-8-4-11-6/h4-5H,1-3,7H2/t5-/m0/s1. The van der Waals surface area contributed by atoms with Crippen LogP contribution in [-0.4, -0.2) is 29.3 Å². The van der Waals surface area contributed by atoms with E-state index in [0.717, 1.165) is 24.6 Å². The second-order valence-corrected chi connectivity index (χ2v) is 3.53. The molecule has 5 heteroatoms. The molecule has 2 rings (SSSR count). The van der Waals surface area contributed by atoms with E-state index in [1.54, 1.807) is 16.8 Å². The molecule has 1 atom stereocenters. The lowest BCUT2D eigenvalue weighted by Crippen LogP contribution is -2.26. The molecule has 1 aliphatic heterocycles. The maximum absolute atomic E-state index is 5.75. The van der Waals surface area contributed by atoms with Crippen LogP contribution in [0.15, 0.2) is 5.51 Å². The van der Waals surface area contributed by atoms with Crippen LogP contribution in [0.1, 0.15) is 6.42 Å². The molecule has 1 aliphatic rings. The van der Waals surface area contributed by atoms with Crippen molar-refractivity contribution in [2.45, 2.75) is 12.5 Å². The molecule has 1 saturated heterocycles. The molecule has 0 saturated carbocycles. The van der Waals surface area contributed by atoms with Crippen molar-refractivity contribution in [3.8, 4) is 0 Å². The summed E-state index contributed by atoms with van der Waals surface area (Å²) in [5.41, 5.74) is 7.50. The van der Waals surface area contributed by atoms with Crippen molar-refractivity contribution in [3.63, 3.8) is 0 Å². The monoisotopic (exact) mass is 170 g/mol. The molecule has 60 valence electrons. The first-order chi connectivity index (χ1) is 5.36. The molecule has 0 spiro atoms. The molecule has 0 unspecified atom stereocenters. The van der Waals surface area contributed by atoms with Crippen molar-refractivity contribution in [3.05, 3.63) is 5.51 Å². The van der Waals surface area contributed by atoms with Crippen LogP contribution < -0.4 is 10.6 Å². The molecule has 0 aromatic carbocycles. The quantitative estimate of drug-likeness (QED) is 0.648. The summed E-state index contributed by atoms with van der Waals surface area (Å²) >= 11 is 1.57. The second kappa shape index (κ2) is 2.75. The molecule has 2 heterocycles. The zero-order chi connectivity index (χ0) is 7.68. The molecule has 1 aromatic rings. The summed E-state index contributed by atoms with van der Waals surface area (Å²) < 4.78 is 0. The van der Waals surface area contributed by atoms with Crippen LogP contribution in [0.2, 0.25) is 0 Å². The number of nitrogens with two attached hydrogens (primary N) is 1. The highest BCUT2D eigenvalue weighted by Crippen LogP contribution is 2.19. The highest BCUT2D eigenvalue weighted by atomic mass is 32.1. The lowest BCUT2D eigenvalue weighted by Gasteiger charge is -2.11. The number of hydrogen-bond donors (Lipinski definition) is 1. The molecular weight excluding hydrogens is 160 g/mol. The van der Waals surface area contributed by atoms with Crippen LogP contribution in [0.4, 0.5) is 5.13 Å². The first kappa shape index (κ1) is 7.00. The average molecular weight is 170 g/mol. The van der Waals surface area contributed by atoms with E-state index in [2.05, 4.69) is 15.1 Å². The Morgan fingerprint density at radius 1 is 1.73 bits per heavy atom. The van der Waals surface area contributed by atoms with Gasteiger partial charge in [-0.1, -0.05) is 11.3 Å². The Balaban J connectivity index is 2.08. The lowest BCUT2D eigenvalue weighted by molar-refractivity contribution is 0.751. The summed E-state index contributed by atoms with van der Waals surface area (Å²) in [6.07, 6.45) is 1.07. The van der Waals surface area contributed by atoms with Gasteiger partial charge in [-0.25, -0.2) is 0 Å². The van der Waals surface area contributed by atoms with Crippen LogP contribution in [-0.2, 0) is 0 Å². The average Bonchev–Trinajstić information content (AvgIpc) is 2.55. The smallest absolute Gasteiger partial charge is 0.208 e. The molecule has 4 nitrogen and oxygen atoms in total. The van der Waals surface area contributed by atoms with Crippen molar-refractivity contribution >= 4 is 16.5 Å². The number of nitrogens with zero attached hydrogens (tertiary/aromatic N) is 3. The largest absolute Gasteiger partial charge is 0.345 e. The van der Waals surface area contributed by atoms with Gasteiger partial charge in [-0.3, -0.25) is 0 Å². The Morgan fingerprint density at radius 3 is 3.18 bits per heavy atom. The fraction of sp³-hybridized carbons (Fsp3) is 0.667. The fourth-order valence-corrected chi connectivity index (χ4v) is 1.86. The Bertz CT molecular complexity index is 222. The topological polar surface area (TPSA) is 55.0 Å². The van der Waals surface area contributed by atoms with E-state index in [0.29, 0.717) is 6.04 Å². The molecule has 0 radical (unpaired) electrons. The van der Waals surface area contributed by atoms with Gasteiger partial charge in [-0.2, -0.15) is 0 Å². The SMILES string of the molecule is N[C@H]1CCN(c2nncs2)C1. The van der Waals surface area contributed by atoms with Crippen LogP contribution in [0, 0.1) is 0 Å². The van der Waals surface area contributed by atoms with E-state index in [-0.39, 0.29) is 0 Å². The minimum atomic E-state index is 0.318. The fourth-order valence-electron chi connectivity index (χ4n) is 1.27. The Hall–Kier alpha value is -0.680. The maximum atomic E-state index is 5.75. The molecule has 1 fully saturated rings. The molecule has 11 heavy (non-hydrogen) atoms. The first-order valence-electron chi connectivity index (χ1n) is 3.63. The molecule has 0 bridgehead atoms. The zero-order valence-electron chi connectivity index (χ0n) is 6.10. The van der Waals surface area contributed by atoms with Gasteiger partial charge in [0, 0.05) is 19.1 Å². The Labute approximate surface area is 69.0 Å². The third-order valence-electron chi connectivity index (χ3n) is 1.84. The number of hydrogen-bond acceptors (Lipinski definition) is 5. The minimum Gasteiger partial charge on any atom is -0.345 e. The van der Waals surface area contributed by atoms with E-state index in [4.69, 9.17) is 5.73 Å². The van der Waals surface area contributed by atoms with Crippen molar-refractivity contribution in [1.82, 2.24) is 10.2 Å². The third kappa shape index (κ3) is 1.34. The summed E-state index contributed by atoms with van der Waals surface area (Å²) in [5.74, 6) is 0. The van der Waals surface area contributed by atoms with E-state index < -0.39 is 0 Å². The first-order valence-corrected chi connectivity index (χ1v) is 4.51. The van der Waals surface area contributed by atoms with Crippen LogP contribution in [0.5, 0.6) is 0 Å². The van der Waals surface area contributed by atoms with E-state index >= 15 is 0 Å². The van der Waals surface area contributed by atoms with Gasteiger partial charge in [0.1, 0.15) is 5.51 Å². The minimum absolute atomic E-state index is 0.318. The van der Waals surface area contributed by atoms with Crippen molar-refractivity contribution in [2.24, 2.45) is 5.73 Å². The normalized spacial score (nSPS) is 24.5. The zero-order valence-corrected chi connectivity index (χ0v) is 6.92. The summed E-state index contributed by atoms with van der Waals surface area (Å²) in [4.78, 5) is 2.18. The van der Waals surface area contributed by atoms with Gasteiger partial charge < -0.3 is 10.6 Å². The Kier molecular flexibility index (Phi) is 1.75. The molecule has 2 N–H and O–H groups in total. The van der Waals surface area contributed by atoms with Gasteiger partial charge >= 0.3 is 0 Å². The highest BCUT2D eigenvalue weighted by molar-refractivity contribution is 7.13. The second-order valence-electron chi connectivity index (χ2n) is 2.72. The van der Waals surface area contributed by atoms with Crippen molar-refractivity contribution < 1.29 is 0 Å². The highest BCUT2D eigenvalue weighted by Gasteiger charge is 2.20. The third-order valence-corrected chi connectivity index (χ3v) is 2.59. The molecule has 1 aromatic heterocycles.